The van der Waals surface area contributed by atoms with E-state index >= 15 is 0 Å². The van der Waals surface area contributed by atoms with E-state index < -0.39 is 37.8 Å². The Morgan fingerprint density at radius 1 is 1.21 bits per heavy atom. The van der Waals surface area contributed by atoms with E-state index in [1.807, 2.05) is 19.2 Å². The fourth-order valence-corrected chi connectivity index (χ4v) is 1.70. The number of hydrogen-bond donors (Lipinski definition) is 5. The molecule has 0 aliphatic rings. The van der Waals surface area contributed by atoms with E-state index in [9.17, 15) is 14.2 Å². The molecule has 8 nitrogen and oxygen atoms in total. The smallest absolute Gasteiger partial charge is 0.343 e. The van der Waals surface area contributed by atoms with Gasteiger partial charge in [-0.3, -0.25) is 14.2 Å². The molecule has 9 heteroatoms. The molecule has 0 saturated carbocycles. The summed E-state index contributed by atoms with van der Waals surface area (Å²) in [7, 11) is -4.30. The lowest BCUT2D eigenvalue weighted by atomic mass is 10.0. The highest BCUT2D eigenvalue weighted by molar-refractivity contribution is 7.51. The highest BCUT2D eigenvalue weighted by Crippen LogP contribution is 2.31. The number of nitrogens with two attached hydrogens (primary N) is 1. The summed E-state index contributed by atoms with van der Waals surface area (Å²) in [6.07, 6.45) is -0.271. The van der Waals surface area contributed by atoms with Gasteiger partial charge in [-0.25, -0.2) is 0 Å². The summed E-state index contributed by atoms with van der Waals surface area (Å²) < 4.78 is 10.6. The summed E-state index contributed by atoms with van der Waals surface area (Å²) >= 11 is 0. The first-order chi connectivity index (χ1) is 8.53. The van der Waals surface area contributed by atoms with Crippen LogP contribution in [-0.2, 0) is 14.2 Å². The van der Waals surface area contributed by atoms with E-state index in [-0.39, 0.29) is 5.92 Å². The van der Waals surface area contributed by atoms with Crippen molar-refractivity contribution in [1.82, 2.24) is 10.6 Å². The normalized spacial score (nSPS) is 14.9. The maximum absolute atomic E-state index is 11.6. The fraction of sp³-hybridized carbons (Fsp3) is 0.800. The average molecular weight is 295 g/mol. The Kier molecular flexibility index (Phi) is 7.21. The third-order valence-corrected chi connectivity index (χ3v) is 2.84. The first kappa shape index (κ1) is 18.0. The van der Waals surface area contributed by atoms with Crippen molar-refractivity contribution in [2.75, 3.05) is 6.29 Å². The quantitative estimate of drug-likeness (QED) is 0.386. The van der Waals surface area contributed by atoms with Gasteiger partial charge >= 0.3 is 7.60 Å². The lowest BCUT2D eigenvalue weighted by Crippen LogP contribution is -2.50. The zero-order valence-corrected chi connectivity index (χ0v) is 12.2. The van der Waals surface area contributed by atoms with Crippen molar-refractivity contribution in [3.8, 4) is 0 Å². The van der Waals surface area contributed by atoms with Gasteiger partial charge in [0, 0.05) is 0 Å². The van der Waals surface area contributed by atoms with E-state index in [1.54, 1.807) is 0 Å². The molecule has 0 aromatic heterocycles. The second-order valence-corrected chi connectivity index (χ2v) is 6.48. The standard InChI is InChI=1S/C10H22N3O5P/c1-6(2)4-8(11)10(15)13-7(3)9(14)12-5-19(16,17)18/h6-8H,4-5,11H2,1-3H3,(H,12,14)(H,13,15)(H2,16,17,18)/t7-,8-/m0/s1. The minimum atomic E-state index is -4.30. The Balaban J connectivity index is 4.22. The van der Waals surface area contributed by atoms with Crippen molar-refractivity contribution in [1.29, 1.82) is 0 Å². The van der Waals surface area contributed by atoms with E-state index in [2.05, 4.69) is 5.32 Å². The largest absolute Gasteiger partial charge is 0.344 e. The highest BCUT2D eigenvalue weighted by Gasteiger charge is 2.22. The number of rotatable bonds is 7. The maximum Gasteiger partial charge on any atom is 0.344 e. The third kappa shape index (κ3) is 8.72. The van der Waals surface area contributed by atoms with Gasteiger partial charge in [-0.15, -0.1) is 0 Å². The fourth-order valence-electron chi connectivity index (χ4n) is 1.33. The first-order valence-electron chi connectivity index (χ1n) is 5.91. The van der Waals surface area contributed by atoms with Gasteiger partial charge in [0.05, 0.1) is 6.04 Å². The summed E-state index contributed by atoms with van der Waals surface area (Å²) in [5, 5.41) is 4.44. The van der Waals surface area contributed by atoms with Gasteiger partial charge in [-0.05, 0) is 19.3 Å². The molecule has 0 fully saturated rings. The number of nitrogens with one attached hydrogen (secondary N) is 2. The lowest BCUT2D eigenvalue weighted by molar-refractivity contribution is -0.129. The van der Waals surface area contributed by atoms with Crippen LogP contribution in [0.4, 0.5) is 0 Å². The van der Waals surface area contributed by atoms with Crippen LogP contribution in [0.5, 0.6) is 0 Å². The molecule has 2 atom stereocenters. The Labute approximate surface area is 112 Å². The van der Waals surface area contributed by atoms with Crippen LogP contribution >= 0.6 is 7.60 Å². The van der Waals surface area contributed by atoms with Crippen LogP contribution in [-0.4, -0.2) is 40.0 Å². The maximum atomic E-state index is 11.6. The molecule has 0 unspecified atom stereocenters. The van der Waals surface area contributed by atoms with Gasteiger partial charge in [0.1, 0.15) is 12.3 Å². The minimum Gasteiger partial charge on any atom is -0.343 e. The SMILES string of the molecule is CC(C)C[C@H](N)C(=O)N[C@@H](C)C(=O)NCP(=O)(O)O. The van der Waals surface area contributed by atoms with E-state index in [0.717, 1.165) is 0 Å². The van der Waals surface area contributed by atoms with Crippen LogP contribution in [0.1, 0.15) is 27.2 Å². The molecule has 0 heterocycles. The zero-order chi connectivity index (χ0) is 15.2. The Morgan fingerprint density at radius 2 is 1.74 bits per heavy atom. The van der Waals surface area contributed by atoms with Crippen molar-refractivity contribution in [2.24, 2.45) is 11.7 Å². The first-order valence-corrected chi connectivity index (χ1v) is 7.71. The molecule has 0 aliphatic heterocycles. The van der Waals surface area contributed by atoms with Crippen LogP contribution in [0.2, 0.25) is 0 Å². The molecule has 0 aromatic rings. The lowest BCUT2D eigenvalue weighted by Gasteiger charge is -2.18. The highest BCUT2D eigenvalue weighted by atomic mass is 31.2. The second-order valence-electron chi connectivity index (χ2n) is 4.83. The van der Waals surface area contributed by atoms with Gasteiger partial charge in [-0.2, -0.15) is 0 Å². The van der Waals surface area contributed by atoms with Crippen molar-refractivity contribution >= 4 is 19.4 Å². The Morgan fingerprint density at radius 3 is 2.16 bits per heavy atom. The summed E-state index contributed by atoms with van der Waals surface area (Å²) in [6.45, 7) is 5.25. The van der Waals surface area contributed by atoms with Crippen molar-refractivity contribution in [3.05, 3.63) is 0 Å². The zero-order valence-electron chi connectivity index (χ0n) is 11.3. The topological polar surface area (TPSA) is 142 Å². The summed E-state index contributed by atoms with van der Waals surface area (Å²) in [5.74, 6) is -0.888. The number of carbonyl (C=O) groups excluding carboxylic acids is 2. The molecule has 6 N–H and O–H groups in total. The van der Waals surface area contributed by atoms with Crippen molar-refractivity contribution in [3.63, 3.8) is 0 Å². The molecule has 0 aromatic carbocycles. The van der Waals surface area contributed by atoms with Crippen molar-refractivity contribution in [2.45, 2.75) is 39.3 Å². The van der Waals surface area contributed by atoms with Crippen LogP contribution < -0.4 is 16.4 Å². The molecule has 19 heavy (non-hydrogen) atoms. The van der Waals surface area contributed by atoms with E-state index in [0.29, 0.717) is 6.42 Å². The average Bonchev–Trinajstić information content (AvgIpc) is 2.23. The molecular weight excluding hydrogens is 273 g/mol. The molecule has 0 radical (unpaired) electrons. The van der Waals surface area contributed by atoms with Crippen LogP contribution in [0.3, 0.4) is 0 Å². The van der Waals surface area contributed by atoms with Crippen LogP contribution in [0, 0.1) is 5.92 Å². The van der Waals surface area contributed by atoms with Gasteiger partial charge in [-0.1, -0.05) is 13.8 Å². The van der Waals surface area contributed by atoms with E-state index in [1.165, 1.54) is 6.92 Å². The Hall–Kier alpha value is -0.950. The van der Waals surface area contributed by atoms with Crippen molar-refractivity contribution < 1.29 is 23.9 Å². The van der Waals surface area contributed by atoms with Gasteiger partial charge < -0.3 is 26.2 Å². The van der Waals surface area contributed by atoms with Gasteiger partial charge in [0.2, 0.25) is 11.8 Å². The minimum absolute atomic E-state index is 0.250. The molecule has 2 amide bonds. The summed E-state index contributed by atoms with van der Waals surface area (Å²) in [6, 6.07) is -1.62. The molecule has 112 valence electrons. The molecular formula is C10H22N3O5P. The summed E-state index contributed by atoms with van der Waals surface area (Å²) in [5.41, 5.74) is 5.64. The van der Waals surface area contributed by atoms with Gasteiger partial charge in [0.25, 0.3) is 0 Å². The molecule has 0 saturated heterocycles. The predicted molar refractivity (Wildman–Crippen MR) is 70.1 cm³/mol. The number of hydrogen-bond acceptors (Lipinski definition) is 4. The molecule has 0 rings (SSSR count). The van der Waals surface area contributed by atoms with Crippen LogP contribution in [0.25, 0.3) is 0 Å². The Bertz CT molecular complexity index is 368. The third-order valence-electron chi connectivity index (χ3n) is 2.27. The van der Waals surface area contributed by atoms with Crippen LogP contribution in [0.15, 0.2) is 0 Å². The second kappa shape index (κ2) is 7.59. The molecule has 0 spiro atoms. The number of amides is 2. The molecule has 0 aliphatic carbocycles. The van der Waals surface area contributed by atoms with Gasteiger partial charge in [0.15, 0.2) is 0 Å². The number of carbonyl (C=O) groups is 2. The predicted octanol–water partition coefficient (Wildman–Crippen LogP) is -0.884. The summed E-state index contributed by atoms with van der Waals surface area (Å²) in [4.78, 5) is 40.3. The van der Waals surface area contributed by atoms with E-state index in [4.69, 9.17) is 15.5 Å². The monoisotopic (exact) mass is 295 g/mol. The molecule has 0 bridgehead atoms.